The molecule has 0 fully saturated rings. The van der Waals surface area contributed by atoms with Crippen LogP contribution in [0.3, 0.4) is 0 Å². The Hall–Kier alpha value is -3.49. The molecule has 0 bridgehead atoms. The Labute approximate surface area is 186 Å². The van der Waals surface area contributed by atoms with Crippen molar-refractivity contribution < 1.29 is 9.72 Å². The van der Waals surface area contributed by atoms with Crippen LogP contribution in [0, 0.1) is 10.1 Å². The molecule has 31 heavy (non-hydrogen) atoms. The third-order valence-corrected chi connectivity index (χ3v) is 5.61. The first-order chi connectivity index (χ1) is 15.0. The molecule has 0 saturated heterocycles. The average molecular weight is 451 g/mol. The van der Waals surface area contributed by atoms with E-state index in [1.807, 2.05) is 47.0 Å². The second-order valence-corrected chi connectivity index (χ2v) is 7.89. The Morgan fingerprint density at radius 3 is 2.52 bits per heavy atom. The summed E-state index contributed by atoms with van der Waals surface area (Å²) in [6.07, 6.45) is 0. The third kappa shape index (κ3) is 4.65. The predicted molar refractivity (Wildman–Crippen MR) is 120 cm³/mol. The number of benzene rings is 3. The van der Waals surface area contributed by atoms with Crippen LogP contribution >= 0.6 is 23.4 Å². The van der Waals surface area contributed by atoms with Gasteiger partial charge in [0.25, 0.3) is 5.69 Å². The minimum Gasteiger partial charge on any atom is -0.293 e. The largest absolute Gasteiger partial charge is 0.293 e. The van der Waals surface area contributed by atoms with Gasteiger partial charge in [-0.05, 0) is 24.3 Å². The number of carbonyl (C=O) groups is 1. The molecule has 0 radical (unpaired) electrons. The van der Waals surface area contributed by atoms with Crippen LogP contribution < -0.4 is 0 Å². The summed E-state index contributed by atoms with van der Waals surface area (Å²) in [6, 6.07) is 22.6. The lowest BCUT2D eigenvalue weighted by molar-refractivity contribution is -0.384. The molecule has 9 heteroatoms. The summed E-state index contributed by atoms with van der Waals surface area (Å²) in [4.78, 5) is 23.1. The van der Waals surface area contributed by atoms with Gasteiger partial charge in [0.2, 0.25) is 0 Å². The maximum absolute atomic E-state index is 12.6. The zero-order valence-electron chi connectivity index (χ0n) is 16.0. The van der Waals surface area contributed by atoms with Gasteiger partial charge < -0.3 is 0 Å². The lowest BCUT2D eigenvalue weighted by Crippen LogP contribution is -2.05. The Kier molecular flexibility index (Phi) is 6.11. The number of aromatic nitrogens is 3. The van der Waals surface area contributed by atoms with E-state index in [0.29, 0.717) is 16.0 Å². The molecule has 0 saturated carbocycles. The quantitative estimate of drug-likeness (QED) is 0.160. The van der Waals surface area contributed by atoms with Crippen molar-refractivity contribution in [3.05, 3.63) is 99.6 Å². The number of non-ortho nitro benzene ring substituents is 1. The van der Waals surface area contributed by atoms with E-state index >= 15 is 0 Å². The smallest absolute Gasteiger partial charge is 0.270 e. The van der Waals surface area contributed by atoms with E-state index in [9.17, 15) is 14.9 Å². The van der Waals surface area contributed by atoms with Gasteiger partial charge in [0.05, 0.1) is 10.7 Å². The highest BCUT2D eigenvalue weighted by Gasteiger charge is 2.18. The number of Topliss-reactive ketones (excluding diaryl/α,β-unsaturated/α-hetero) is 1. The lowest BCUT2D eigenvalue weighted by atomic mass is 10.1. The van der Waals surface area contributed by atoms with Crippen LogP contribution in [0.25, 0.3) is 17.1 Å². The summed E-state index contributed by atoms with van der Waals surface area (Å²) in [5, 5.41) is 20.7. The van der Waals surface area contributed by atoms with E-state index in [2.05, 4.69) is 10.2 Å². The maximum atomic E-state index is 12.6. The summed E-state index contributed by atoms with van der Waals surface area (Å²) < 4.78 is 1.86. The molecule has 4 aromatic rings. The van der Waals surface area contributed by atoms with Crippen LogP contribution in [0.15, 0.2) is 84.0 Å². The molecule has 4 rings (SSSR count). The molecule has 0 amide bonds. The SMILES string of the molecule is O=C(CSc1nnc(-c2cccc(Cl)c2)n1-c1ccccc1)c1cccc([N+](=O)[O-])c1. The fourth-order valence-corrected chi connectivity index (χ4v) is 4.03. The Morgan fingerprint density at radius 2 is 1.77 bits per heavy atom. The van der Waals surface area contributed by atoms with Crippen molar-refractivity contribution >= 4 is 34.8 Å². The summed E-state index contributed by atoms with van der Waals surface area (Å²) >= 11 is 7.37. The van der Waals surface area contributed by atoms with Crippen LogP contribution in [-0.4, -0.2) is 31.2 Å². The van der Waals surface area contributed by atoms with Gasteiger partial charge in [0.15, 0.2) is 16.8 Å². The Morgan fingerprint density at radius 1 is 1.00 bits per heavy atom. The molecule has 0 aliphatic heterocycles. The van der Waals surface area contributed by atoms with Gasteiger partial charge in [-0.2, -0.15) is 0 Å². The van der Waals surface area contributed by atoms with Gasteiger partial charge in [-0.25, -0.2) is 0 Å². The standard InChI is InChI=1S/C22H15ClN4O3S/c23-17-8-4-7-16(12-17)21-24-25-22(26(21)18-9-2-1-3-10-18)31-14-20(28)15-6-5-11-19(13-15)27(29)30/h1-13H,14H2. The zero-order chi connectivity index (χ0) is 21.8. The molecular formula is C22H15ClN4O3S. The normalized spacial score (nSPS) is 10.7. The first-order valence-corrected chi connectivity index (χ1v) is 10.6. The maximum Gasteiger partial charge on any atom is 0.270 e. The molecule has 0 unspecified atom stereocenters. The number of nitro groups is 1. The van der Waals surface area contributed by atoms with Crippen LogP contribution in [0.2, 0.25) is 5.02 Å². The van der Waals surface area contributed by atoms with Gasteiger partial charge in [-0.15, -0.1) is 10.2 Å². The number of para-hydroxylation sites is 1. The van der Waals surface area contributed by atoms with Gasteiger partial charge >= 0.3 is 0 Å². The lowest BCUT2D eigenvalue weighted by Gasteiger charge is -2.10. The first-order valence-electron chi connectivity index (χ1n) is 9.20. The number of rotatable bonds is 7. The summed E-state index contributed by atoms with van der Waals surface area (Å²) in [5.74, 6) is 0.418. The number of ketones is 1. The molecule has 0 spiro atoms. The van der Waals surface area contributed by atoms with Crippen molar-refractivity contribution in [1.82, 2.24) is 14.8 Å². The highest BCUT2D eigenvalue weighted by molar-refractivity contribution is 7.99. The van der Waals surface area contributed by atoms with E-state index in [-0.39, 0.29) is 22.8 Å². The number of nitrogens with zero attached hydrogens (tertiary/aromatic N) is 4. The van der Waals surface area contributed by atoms with E-state index in [0.717, 1.165) is 11.3 Å². The Balaban J connectivity index is 1.65. The molecule has 1 aromatic heterocycles. The van der Waals surface area contributed by atoms with E-state index in [1.54, 1.807) is 18.2 Å². The second kappa shape index (κ2) is 9.11. The number of halogens is 1. The van der Waals surface area contributed by atoms with Crippen LogP contribution in [-0.2, 0) is 0 Å². The van der Waals surface area contributed by atoms with Crippen LogP contribution in [0.1, 0.15) is 10.4 Å². The first kappa shape index (κ1) is 20.8. The number of carbonyl (C=O) groups excluding carboxylic acids is 1. The Bertz CT molecular complexity index is 1260. The predicted octanol–water partition coefficient (Wildman–Crippen LogP) is 5.47. The average Bonchev–Trinajstić information content (AvgIpc) is 3.22. The van der Waals surface area contributed by atoms with Crippen molar-refractivity contribution in [3.8, 4) is 17.1 Å². The van der Waals surface area contributed by atoms with Gasteiger partial charge in [0, 0.05) is 34.0 Å². The molecule has 154 valence electrons. The summed E-state index contributed by atoms with van der Waals surface area (Å²) in [5.41, 5.74) is 1.79. The summed E-state index contributed by atoms with van der Waals surface area (Å²) in [7, 11) is 0. The van der Waals surface area contributed by atoms with E-state index in [4.69, 9.17) is 11.6 Å². The van der Waals surface area contributed by atoms with Crippen molar-refractivity contribution in [2.45, 2.75) is 5.16 Å². The van der Waals surface area contributed by atoms with Crippen molar-refractivity contribution in [3.63, 3.8) is 0 Å². The molecule has 0 aliphatic rings. The fourth-order valence-electron chi connectivity index (χ4n) is 2.99. The molecule has 0 atom stereocenters. The molecule has 7 nitrogen and oxygen atoms in total. The second-order valence-electron chi connectivity index (χ2n) is 6.51. The number of nitro benzene ring substituents is 1. The number of hydrogen-bond acceptors (Lipinski definition) is 6. The van der Waals surface area contributed by atoms with Crippen molar-refractivity contribution in [2.24, 2.45) is 0 Å². The van der Waals surface area contributed by atoms with Crippen molar-refractivity contribution in [1.29, 1.82) is 0 Å². The van der Waals surface area contributed by atoms with Gasteiger partial charge in [0.1, 0.15) is 0 Å². The van der Waals surface area contributed by atoms with Crippen LogP contribution in [0.5, 0.6) is 0 Å². The third-order valence-electron chi connectivity index (χ3n) is 4.44. The fraction of sp³-hybridized carbons (Fsp3) is 0.0455. The van der Waals surface area contributed by atoms with Crippen LogP contribution in [0.4, 0.5) is 5.69 Å². The van der Waals surface area contributed by atoms with E-state index < -0.39 is 4.92 Å². The topological polar surface area (TPSA) is 90.9 Å². The van der Waals surface area contributed by atoms with Gasteiger partial charge in [-0.3, -0.25) is 19.5 Å². The summed E-state index contributed by atoms with van der Waals surface area (Å²) in [6.45, 7) is 0. The molecule has 0 N–H and O–H groups in total. The molecule has 3 aromatic carbocycles. The molecular weight excluding hydrogens is 436 g/mol. The van der Waals surface area contributed by atoms with Crippen molar-refractivity contribution in [2.75, 3.05) is 5.75 Å². The van der Waals surface area contributed by atoms with E-state index in [1.165, 1.54) is 30.0 Å². The monoisotopic (exact) mass is 450 g/mol. The minimum absolute atomic E-state index is 0.0572. The molecule has 0 aliphatic carbocycles. The molecule has 1 heterocycles. The minimum atomic E-state index is -0.521. The number of thioether (sulfide) groups is 1. The highest BCUT2D eigenvalue weighted by Crippen LogP contribution is 2.29. The number of hydrogen-bond donors (Lipinski definition) is 0. The zero-order valence-corrected chi connectivity index (χ0v) is 17.6. The van der Waals surface area contributed by atoms with Gasteiger partial charge in [-0.1, -0.05) is 65.8 Å². The highest BCUT2D eigenvalue weighted by atomic mass is 35.5.